The first-order valence-corrected chi connectivity index (χ1v) is 7.64. The van der Waals surface area contributed by atoms with E-state index in [2.05, 4.69) is 9.82 Å². The van der Waals surface area contributed by atoms with E-state index in [4.69, 9.17) is 11.6 Å². The van der Waals surface area contributed by atoms with E-state index in [0.717, 1.165) is 15.7 Å². The lowest BCUT2D eigenvalue weighted by atomic mass is 10.3. The number of halogens is 1. The fourth-order valence-electron chi connectivity index (χ4n) is 1.62. The molecular weight excluding hydrogens is 300 g/mol. The SMILES string of the molecule is Cc1cc(NS(=O)(=O)N(C)C)nn1-c1cccc(Cl)c1. The maximum absolute atomic E-state index is 11.8. The third-order valence-electron chi connectivity index (χ3n) is 2.65. The molecule has 2 aromatic rings. The highest BCUT2D eigenvalue weighted by Gasteiger charge is 2.16. The van der Waals surface area contributed by atoms with Crippen LogP contribution in [0.15, 0.2) is 30.3 Å². The molecule has 108 valence electrons. The molecule has 6 nitrogen and oxygen atoms in total. The summed E-state index contributed by atoms with van der Waals surface area (Å²) in [6, 6.07) is 8.83. The van der Waals surface area contributed by atoms with Gasteiger partial charge in [0, 0.05) is 30.9 Å². The molecule has 0 bridgehead atoms. The van der Waals surface area contributed by atoms with Gasteiger partial charge in [0.2, 0.25) is 0 Å². The lowest BCUT2D eigenvalue weighted by Crippen LogP contribution is -2.29. The molecule has 1 heterocycles. The molecule has 1 aromatic carbocycles. The zero-order valence-electron chi connectivity index (χ0n) is 11.3. The van der Waals surface area contributed by atoms with Crippen LogP contribution in [0.4, 0.5) is 5.82 Å². The Kier molecular flexibility index (Phi) is 4.03. The lowest BCUT2D eigenvalue weighted by molar-refractivity contribution is 0.526. The van der Waals surface area contributed by atoms with Crippen molar-refractivity contribution in [1.29, 1.82) is 0 Å². The number of nitrogens with one attached hydrogen (secondary N) is 1. The van der Waals surface area contributed by atoms with E-state index in [9.17, 15) is 8.42 Å². The summed E-state index contributed by atoms with van der Waals surface area (Å²) in [5.74, 6) is 0.260. The van der Waals surface area contributed by atoms with Crippen LogP contribution >= 0.6 is 11.6 Å². The third kappa shape index (κ3) is 3.12. The van der Waals surface area contributed by atoms with Crippen molar-refractivity contribution < 1.29 is 8.42 Å². The molecular formula is C12H15ClN4O2S. The predicted molar refractivity (Wildman–Crippen MR) is 79.5 cm³/mol. The highest BCUT2D eigenvalue weighted by molar-refractivity contribution is 7.90. The number of aromatic nitrogens is 2. The smallest absolute Gasteiger partial charge is 0.253 e. The normalized spacial score (nSPS) is 11.8. The topological polar surface area (TPSA) is 67.2 Å². The van der Waals surface area contributed by atoms with Gasteiger partial charge in [0.1, 0.15) is 0 Å². The molecule has 0 aliphatic carbocycles. The zero-order chi connectivity index (χ0) is 14.9. The quantitative estimate of drug-likeness (QED) is 0.939. The van der Waals surface area contributed by atoms with Gasteiger partial charge >= 0.3 is 10.2 Å². The van der Waals surface area contributed by atoms with E-state index < -0.39 is 10.2 Å². The number of nitrogens with zero attached hydrogens (tertiary/aromatic N) is 3. The minimum atomic E-state index is -3.56. The average molecular weight is 315 g/mol. The van der Waals surface area contributed by atoms with Crippen LogP contribution in [0.1, 0.15) is 5.69 Å². The standard InChI is InChI=1S/C12H15ClN4O2S/c1-9-7-12(15-20(18,19)16(2)3)14-17(9)11-6-4-5-10(13)8-11/h4-8H,1-3H3,(H,14,15). The Bertz CT molecular complexity index is 725. The molecule has 0 radical (unpaired) electrons. The Labute approximate surface area is 123 Å². The van der Waals surface area contributed by atoms with Crippen molar-refractivity contribution in [3.8, 4) is 5.69 Å². The number of aryl methyl sites for hydroxylation is 1. The summed E-state index contributed by atoms with van der Waals surface area (Å²) in [5, 5.41) is 4.82. The molecule has 0 aliphatic rings. The van der Waals surface area contributed by atoms with Crippen LogP contribution in [0.3, 0.4) is 0 Å². The summed E-state index contributed by atoms with van der Waals surface area (Å²) < 4.78 is 28.6. The van der Waals surface area contributed by atoms with Gasteiger partial charge in [0.25, 0.3) is 0 Å². The first-order chi connectivity index (χ1) is 9.29. The molecule has 0 unspecified atom stereocenters. The summed E-state index contributed by atoms with van der Waals surface area (Å²) in [4.78, 5) is 0. The molecule has 20 heavy (non-hydrogen) atoms. The fourth-order valence-corrected chi connectivity index (χ4v) is 2.35. The van der Waals surface area contributed by atoms with Crippen LogP contribution in [0.5, 0.6) is 0 Å². The molecule has 0 fully saturated rings. The van der Waals surface area contributed by atoms with Crippen molar-refractivity contribution in [1.82, 2.24) is 14.1 Å². The molecule has 1 N–H and O–H groups in total. The number of hydrogen-bond acceptors (Lipinski definition) is 3. The van der Waals surface area contributed by atoms with Gasteiger partial charge in [-0.2, -0.15) is 12.7 Å². The van der Waals surface area contributed by atoms with Crippen LogP contribution < -0.4 is 4.72 Å². The van der Waals surface area contributed by atoms with Crippen molar-refractivity contribution in [3.05, 3.63) is 41.0 Å². The zero-order valence-corrected chi connectivity index (χ0v) is 12.9. The van der Waals surface area contributed by atoms with Gasteiger partial charge in [-0.05, 0) is 25.1 Å². The number of rotatable bonds is 4. The average Bonchev–Trinajstić information content (AvgIpc) is 2.69. The van der Waals surface area contributed by atoms with Crippen molar-refractivity contribution >= 4 is 27.6 Å². The second-order valence-electron chi connectivity index (χ2n) is 4.45. The van der Waals surface area contributed by atoms with E-state index in [1.165, 1.54) is 14.1 Å². The van der Waals surface area contributed by atoms with Gasteiger partial charge in [-0.25, -0.2) is 4.68 Å². The molecule has 0 aliphatic heterocycles. The van der Waals surface area contributed by atoms with E-state index in [1.807, 2.05) is 19.1 Å². The van der Waals surface area contributed by atoms with E-state index in [0.29, 0.717) is 5.02 Å². The fraction of sp³-hybridized carbons (Fsp3) is 0.250. The third-order valence-corrected chi connectivity index (χ3v) is 4.32. The van der Waals surface area contributed by atoms with Crippen LogP contribution in [-0.4, -0.2) is 36.6 Å². The van der Waals surface area contributed by atoms with Crippen LogP contribution in [0.2, 0.25) is 5.02 Å². The van der Waals surface area contributed by atoms with E-state index in [1.54, 1.807) is 22.9 Å². The van der Waals surface area contributed by atoms with Gasteiger partial charge in [-0.1, -0.05) is 17.7 Å². The molecule has 2 rings (SSSR count). The Morgan fingerprint density at radius 2 is 2.00 bits per heavy atom. The van der Waals surface area contributed by atoms with Gasteiger partial charge in [0.15, 0.2) is 5.82 Å². The van der Waals surface area contributed by atoms with Gasteiger partial charge in [0.05, 0.1) is 5.69 Å². The summed E-state index contributed by atoms with van der Waals surface area (Å²) in [6.07, 6.45) is 0. The molecule has 1 aromatic heterocycles. The first kappa shape index (κ1) is 14.8. The number of hydrogen-bond donors (Lipinski definition) is 1. The minimum absolute atomic E-state index is 0.260. The molecule has 0 spiro atoms. The second kappa shape index (κ2) is 5.43. The Morgan fingerprint density at radius 3 is 2.60 bits per heavy atom. The molecule has 0 saturated carbocycles. The maximum atomic E-state index is 11.8. The summed E-state index contributed by atoms with van der Waals surface area (Å²) >= 11 is 5.94. The predicted octanol–water partition coefficient (Wildman–Crippen LogP) is 2.05. The Morgan fingerprint density at radius 1 is 1.30 bits per heavy atom. The highest BCUT2D eigenvalue weighted by Crippen LogP contribution is 2.19. The number of anilines is 1. The van der Waals surface area contributed by atoms with Crippen molar-refractivity contribution in [3.63, 3.8) is 0 Å². The van der Waals surface area contributed by atoms with Crippen LogP contribution in [-0.2, 0) is 10.2 Å². The molecule has 0 saturated heterocycles. The molecule has 0 amide bonds. The first-order valence-electron chi connectivity index (χ1n) is 5.82. The summed E-state index contributed by atoms with van der Waals surface area (Å²) in [7, 11) is -0.668. The molecule has 8 heteroatoms. The van der Waals surface area contributed by atoms with E-state index in [-0.39, 0.29) is 5.82 Å². The molecule has 0 atom stereocenters. The summed E-state index contributed by atoms with van der Waals surface area (Å²) in [6.45, 7) is 1.83. The number of benzene rings is 1. The largest absolute Gasteiger partial charge is 0.302 e. The van der Waals surface area contributed by atoms with Gasteiger partial charge < -0.3 is 0 Å². The van der Waals surface area contributed by atoms with Gasteiger partial charge in [-0.15, -0.1) is 5.10 Å². The van der Waals surface area contributed by atoms with Crippen molar-refractivity contribution in [2.75, 3.05) is 18.8 Å². The maximum Gasteiger partial charge on any atom is 0.302 e. The summed E-state index contributed by atoms with van der Waals surface area (Å²) in [5.41, 5.74) is 1.56. The van der Waals surface area contributed by atoms with Crippen LogP contribution in [0, 0.1) is 6.92 Å². The Balaban J connectivity index is 2.36. The highest BCUT2D eigenvalue weighted by atomic mass is 35.5. The van der Waals surface area contributed by atoms with E-state index >= 15 is 0 Å². The van der Waals surface area contributed by atoms with Crippen molar-refractivity contribution in [2.24, 2.45) is 0 Å². The van der Waals surface area contributed by atoms with Crippen molar-refractivity contribution in [2.45, 2.75) is 6.92 Å². The second-order valence-corrected chi connectivity index (χ2v) is 6.77. The Hall–Kier alpha value is -1.57. The monoisotopic (exact) mass is 314 g/mol. The minimum Gasteiger partial charge on any atom is -0.253 e. The van der Waals surface area contributed by atoms with Crippen LogP contribution in [0.25, 0.3) is 5.69 Å². The van der Waals surface area contributed by atoms with Gasteiger partial charge in [-0.3, -0.25) is 4.72 Å². The lowest BCUT2D eigenvalue weighted by Gasteiger charge is -2.11.